The second-order valence-electron chi connectivity index (χ2n) is 3.07. The standard InChI is InChI=1S/C11H12NO/c1-2-3-5-9-6-4-7-10-11(9)12-8-13-10/h4,6-8H,1-3,5H2. The van der Waals surface area contributed by atoms with Crippen LogP contribution in [0.2, 0.25) is 0 Å². The van der Waals surface area contributed by atoms with Crippen molar-refractivity contribution in [3.63, 3.8) is 0 Å². The first-order chi connectivity index (χ1) is 6.42. The van der Waals surface area contributed by atoms with Gasteiger partial charge in [0, 0.05) is 0 Å². The SMILES string of the molecule is [CH2]CCCc1cccc2ocnc12. The van der Waals surface area contributed by atoms with E-state index in [1.54, 1.807) is 0 Å². The van der Waals surface area contributed by atoms with Crippen LogP contribution in [0.5, 0.6) is 0 Å². The van der Waals surface area contributed by atoms with Gasteiger partial charge < -0.3 is 4.42 Å². The third-order valence-corrected chi connectivity index (χ3v) is 2.14. The van der Waals surface area contributed by atoms with Gasteiger partial charge in [-0.3, -0.25) is 0 Å². The normalized spacial score (nSPS) is 10.8. The van der Waals surface area contributed by atoms with Gasteiger partial charge in [-0.1, -0.05) is 25.5 Å². The second kappa shape index (κ2) is 3.60. The van der Waals surface area contributed by atoms with E-state index in [9.17, 15) is 0 Å². The topological polar surface area (TPSA) is 26.0 Å². The van der Waals surface area contributed by atoms with Crippen LogP contribution < -0.4 is 0 Å². The lowest BCUT2D eigenvalue weighted by atomic mass is 10.1. The van der Waals surface area contributed by atoms with Gasteiger partial charge in [0.2, 0.25) is 0 Å². The maximum Gasteiger partial charge on any atom is 0.181 e. The molecular weight excluding hydrogens is 162 g/mol. The van der Waals surface area contributed by atoms with Gasteiger partial charge in [-0.05, 0) is 24.5 Å². The molecule has 0 atom stereocenters. The van der Waals surface area contributed by atoms with Gasteiger partial charge in [-0.25, -0.2) is 4.98 Å². The molecular formula is C11H12NO. The highest BCUT2D eigenvalue weighted by molar-refractivity contribution is 5.75. The number of benzene rings is 1. The first-order valence-electron chi connectivity index (χ1n) is 4.52. The molecule has 2 nitrogen and oxygen atoms in total. The lowest BCUT2D eigenvalue weighted by Gasteiger charge is -1.98. The molecule has 0 fully saturated rings. The Morgan fingerprint density at radius 2 is 2.31 bits per heavy atom. The molecule has 2 rings (SSSR count). The third-order valence-electron chi connectivity index (χ3n) is 2.14. The zero-order chi connectivity index (χ0) is 9.10. The molecule has 1 radical (unpaired) electrons. The summed E-state index contributed by atoms with van der Waals surface area (Å²) in [7, 11) is 0. The second-order valence-corrected chi connectivity index (χ2v) is 3.07. The largest absolute Gasteiger partial charge is 0.443 e. The average Bonchev–Trinajstić information content (AvgIpc) is 2.62. The summed E-state index contributed by atoms with van der Waals surface area (Å²) in [5, 5.41) is 0. The van der Waals surface area contributed by atoms with Gasteiger partial charge in [0.15, 0.2) is 12.0 Å². The molecule has 0 N–H and O–H groups in total. The molecule has 0 unspecified atom stereocenters. The molecule has 2 aromatic rings. The summed E-state index contributed by atoms with van der Waals surface area (Å²) in [6.07, 6.45) is 4.60. The highest BCUT2D eigenvalue weighted by atomic mass is 16.3. The van der Waals surface area contributed by atoms with E-state index in [0.717, 1.165) is 30.4 Å². The number of aromatic nitrogens is 1. The Morgan fingerprint density at radius 1 is 1.38 bits per heavy atom. The summed E-state index contributed by atoms with van der Waals surface area (Å²) in [6, 6.07) is 6.04. The van der Waals surface area contributed by atoms with Crippen LogP contribution in [0.4, 0.5) is 0 Å². The molecule has 67 valence electrons. The van der Waals surface area contributed by atoms with Crippen molar-refractivity contribution in [3.05, 3.63) is 37.1 Å². The average molecular weight is 174 g/mol. The minimum absolute atomic E-state index is 0.876. The highest BCUT2D eigenvalue weighted by Gasteiger charge is 2.03. The number of rotatable bonds is 3. The van der Waals surface area contributed by atoms with Crippen LogP contribution in [-0.4, -0.2) is 4.98 Å². The van der Waals surface area contributed by atoms with E-state index in [1.165, 1.54) is 12.0 Å². The van der Waals surface area contributed by atoms with Gasteiger partial charge in [-0.15, -0.1) is 0 Å². The van der Waals surface area contributed by atoms with E-state index in [2.05, 4.69) is 18.0 Å². The Kier molecular flexibility index (Phi) is 2.30. The summed E-state index contributed by atoms with van der Waals surface area (Å²) in [4.78, 5) is 4.18. The molecule has 0 aliphatic carbocycles. The van der Waals surface area contributed by atoms with Crippen LogP contribution in [0.1, 0.15) is 18.4 Å². The highest BCUT2D eigenvalue weighted by Crippen LogP contribution is 2.18. The molecule has 0 amide bonds. The number of oxazole rings is 1. The molecule has 1 aromatic carbocycles. The predicted molar refractivity (Wildman–Crippen MR) is 52.3 cm³/mol. The molecule has 1 aromatic heterocycles. The van der Waals surface area contributed by atoms with Crippen molar-refractivity contribution in [2.24, 2.45) is 0 Å². The Balaban J connectivity index is 2.37. The van der Waals surface area contributed by atoms with E-state index in [4.69, 9.17) is 4.42 Å². The Hall–Kier alpha value is -1.31. The number of aryl methyl sites for hydroxylation is 1. The maximum atomic E-state index is 5.21. The molecule has 2 heteroatoms. The van der Waals surface area contributed by atoms with Crippen molar-refractivity contribution < 1.29 is 4.42 Å². The van der Waals surface area contributed by atoms with Crippen LogP contribution in [-0.2, 0) is 6.42 Å². The van der Waals surface area contributed by atoms with Crippen molar-refractivity contribution >= 4 is 11.1 Å². The Morgan fingerprint density at radius 3 is 3.15 bits per heavy atom. The molecule has 1 heterocycles. The smallest absolute Gasteiger partial charge is 0.181 e. The summed E-state index contributed by atoms with van der Waals surface area (Å²) in [6.45, 7) is 3.82. The number of hydrogen-bond donors (Lipinski definition) is 0. The molecule has 0 aliphatic heterocycles. The van der Waals surface area contributed by atoms with Crippen LogP contribution in [0.3, 0.4) is 0 Å². The zero-order valence-electron chi connectivity index (χ0n) is 7.49. The summed E-state index contributed by atoms with van der Waals surface area (Å²) < 4.78 is 5.21. The zero-order valence-corrected chi connectivity index (χ0v) is 7.49. The van der Waals surface area contributed by atoms with E-state index >= 15 is 0 Å². The fourth-order valence-electron chi connectivity index (χ4n) is 1.46. The third kappa shape index (κ3) is 1.57. The first-order valence-corrected chi connectivity index (χ1v) is 4.52. The quantitative estimate of drug-likeness (QED) is 0.715. The Bertz CT molecular complexity index is 392. The van der Waals surface area contributed by atoms with E-state index < -0.39 is 0 Å². The van der Waals surface area contributed by atoms with Crippen molar-refractivity contribution in [2.45, 2.75) is 19.3 Å². The number of hydrogen-bond acceptors (Lipinski definition) is 2. The van der Waals surface area contributed by atoms with Gasteiger partial charge in [0.1, 0.15) is 5.52 Å². The van der Waals surface area contributed by atoms with Crippen molar-refractivity contribution in [1.29, 1.82) is 0 Å². The molecule has 0 spiro atoms. The number of para-hydroxylation sites is 1. The van der Waals surface area contributed by atoms with E-state index in [-0.39, 0.29) is 0 Å². The number of unbranched alkanes of at least 4 members (excludes halogenated alkanes) is 1. The van der Waals surface area contributed by atoms with Crippen molar-refractivity contribution in [3.8, 4) is 0 Å². The maximum absolute atomic E-state index is 5.21. The minimum Gasteiger partial charge on any atom is -0.443 e. The fourth-order valence-corrected chi connectivity index (χ4v) is 1.46. The van der Waals surface area contributed by atoms with Gasteiger partial charge in [0.25, 0.3) is 0 Å². The summed E-state index contributed by atoms with van der Waals surface area (Å²) in [5.74, 6) is 0. The van der Waals surface area contributed by atoms with Crippen LogP contribution in [0.25, 0.3) is 11.1 Å². The number of nitrogens with zero attached hydrogens (tertiary/aromatic N) is 1. The first kappa shape index (κ1) is 8.30. The summed E-state index contributed by atoms with van der Waals surface area (Å²) >= 11 is 0. The molecule has 0 bridgehead atoms. The van der Waals surface area contributed by atoms with Gasteiger partial charge in [-0.2, -0.15) is 0 Å². The predicted octanol–water partition coefficient (Wildman–Crippen LogP) is 2.98. The number of fused-ring (bicyclic) bond motifs is 1. The lowest BCUT2D eigenvalue weighted by molar-refractivity contribution is 0.602. The fraction of sp³-hybridized carbons (Fsp3) is 0.273. The molecule has 0 saturated carbocycles. The van der Waals surface area contributed by atoms with Crippen LogP contribution >= 0.6 is 0 Å². The monoisotopic (exact) mass is 174 g/mol. The van der Waals surface area contributed by atoms with Crippen molar-refractivity contribution in [1.82, 2.24) is 4.98 Å². The van der Waals surface area contributed by atoms with Crippen LogP contribution in [0.15, 0.2) is 29.0 Å². The molecule has 0 aliphatic rings. The molecule has 13 heavy (non-hydrogen) atoms. The Labute approximate surface area is 77.6 Å². The van der Waals surface area contributed by atoms with Crippen molar-refractivity contribution in [2.75, 3.05) is 0 Å². The summed E-state index contributed by atoms with van der Waals surface area (Å²) in [5.41, 5.74) is 3.13. The molecule has 0 saturated heterocycles. The lowest BCUT2D eigenvalue weighted by Crippen LogP contribution is -1.85. The van der Waals surface area contributed by atoms with Gasteiger partial charge in [0.05, 0.1) is 0 Å². The van der Waals surface area contributed by atoms with Gasteiger partial charge >= 0.3 is 0 Å². The van der Waals surface area contributed by atoms with E-state index in [0.29, 0.717) is 0 Å². The minimum atomic E-state index is 0.876. The van der Waals surface area contributed by atoms with E-state index in [1.807, 2.05) is 12.1 Å². The van der Waals surface area contributed by atoms with Crippen LogP contribution in [0, 0.1) is 6.92 Å².